The molecule has 8 heteroatoms. The van der Waals surface area contributed by atoms with Gasteiger partial charge in [-0.25, -0.2) is 9.48 Å². The van der Waals surface area contributed by atoms with Gasteiger partial charge in [0.1, 0.15) is 5.82 Å². The zero-order valence-electron chi connectivity index (χ0n) is 26.3. The van der Waals surface area contributed by atoms with E-state index in [1.54, 1.807) is 10.9 Å². The minimum Gasteiger partial charge on any atom is -0.317 e. The van der Waals surface area contributed by atoms with Crippen molar-refractivity contribution in [2.45, 2.75) is 51.9 Å². The van der Waals surface area contributed by atoms with Gasteiger partial charge in [-0.3, -0.25) is 15.1 Å². The number of urea groups is 1. The number of aryl methyl sites for hydroxylation is 1. The molecule has 3 heterocycles. The van der Waals surface area contributed by atoms with Crippen LogP contribution in [0, 0.1) is 12.8 Å². The lowest BCUT2D eigenvalue weighted by atomic mass is 9.75. The summed E-state index contributed by atoms with van der Waals surface area (Å²) in [6.45, 7) is 10.0. The first-order valence-electron chi connectivity index (χ1n) is 15.6. The fourth-order valence-corrected chi connectivity index (χ4v) is 6.14. The number of nitrogens with one attached hydrogen (secondary N) is 3. The Labute approximate surface area is 264 Å². The number of carbonyl (C=O) groups is 2. The van der Waals surface area contributed by atoms with Crippen LogP contribution >= 0.6 is 0 Å². The van der Waals surface area contributed by atoms with E-state index < -0.39 is 11.9 Å². The number of anilines is 2. The Morgan fingerprint density at radius 2 is 1.62 bits per heavy atom. The quantitative estimate of drug-likeness (QED) is 0.167. The molecule has 5 aromatic rings. The molecule has 0 bridgehead atoms. The lowest BCUT2D eigenvalue weighted by Crippen LogP contribution is -2.34. The molecule has 0 saturated carbocycles. The predicted molar refractivity (Wildman–Crippen MR) is 180 cm³/mol. The molecule has 6 rings (SSSR count). The van der Waals surface area contributed by atoms with E-state index >= 15 is 0 Å². The van der Waals surface area contributed by atoms with Gasteiger partial charge in [-0.2, -0.15) is 5.10 Å². The second-order valence-corrected chi connectivity index (χ2v) is 12.9. The Kier molecular flexibility index (Phi) is 8.50. The first-order valence-corrected chi connectivity index (χ1v) is 15.6. The molecule has 2 aromatic heterocycles. The van der Waals surface area contributed by atoms with Crippen molar-refractivity contribution in [3.63, 3.8) is 0 Å². The van der Waals surface area contributed by atoms with Gasteiger partial charge in [0.15, 0.2) is 5.78 Å². The van der Waals surface area contributed by atoms with Crippen LogP contribution in [0.25, 0.3) is 16.6 Å². The van der Waals surface area contributed by atoms with Crippen LogP contribution in [-0.4, -0.2) is 39.7 Å². The van der Waals surface area contributed by atoms with E-state index in [1.165, 1.54) is 0 Å². The summed E-state index contributed by atoms with van der Waals surface area (Å²) in [5.74, 6) is 0.296. The molecule has 1 atom stereocenters. The molecule has 1 aliphatic rings. The number of carbonyl (C=O) groups excluding carboxylic acids is 2. The van der Waals surface area contributed by atoms with Crippen LogP contribution in [0.15, 0.2) is 91.1 Å². The van der Waals surface area contributed by atoms with Crippen molar-refractivity contribution in [2.75, 3.05) is 23.7 Å². The van der Waals surface area contributed by atoms with Crippen molar-refractivity contribution >= 4 is 34.2 Å². The number of rotatable bonds is 7. The highest BCUT2D eigenvalue weighted by molar-refractivity contribution is 6.11. The average Bonchev–Trinajstić information content (AvgIpc) is 3.47. The van der Waals surface area contributed by atoms with Crippen molar-refractivity contribution in [3.05, 3.63) is 114 Å². The van der Waals surface area contributed by atoms with E-state index in [2.05, 4.69) is 41.7 Å². The van der Waals surface area contributed by atoms with E-state index in [1.807, 2.05) is 91.9 Å². The smallest absolute Gasteiger partial charge is 0.317 e. The lowest BCUT2D eigenvalue weighted by molar-refractivity contribution is 0.0918. The number of amides is 2. The van der Waals surface area contributed by atoms with Crippen molar-refractivity contribution in [1.82, 2.24) is 20.1 Å². The fraction of sp³-hybridized carbons (Fsp3) is 0.297. The van der Waals surface area contributed by atoms with Crippen LogP contribution < -0.4 is 16.0 Å². The summed E-state index contributed by atoms with van der Waals surface area (Å²) in [7, 11) is 0. The molecular weight excluding hydrogens is 560 g/mol. The maximum atomic E-state index is 14.5. The first-order chi connectivity index (χ1) is 21.7. The molecule has 0 aliphatic carbocycles. The highest BCUT2D eigenvalue weighted by Gasteiger charge is 2.34. The summed E-state index contributed by atoms with van der Waals surface area (Å²) >= 11 is 0. The van der Waals surface area contributed by atoms with Crippen molar-refractivity contribution in [1.29, 1.82) is 0 Å². The lowest BCUT2D eigenvalue weighted by Gasteiger charge is -2.31. The standard InChI is InChI=1S/C37H40N6O2/c1-24-13-15-26(16-14-24)43-33(23-32(42-43)37(2,3)4)41-36(45)40-31-12-8-6-10-29(31)34(25-17-20-38-21-18-25)35(44)28-19-22-39-30-11-7-5-9-27(28)30/h5-16,19,22-23,25,34,38H,17-18,20-21H2,1-4H3,(H2,40,41,45). The van der Waals surface area contributed by atoms with Gasteiger partial charge in [-0.05, 0) is 74.7 Å². The third-order valence-electron chi connectivity index (χ3n) is 8.59. The van der Waals surface area contributed by atoms with Gasteiger partial charge >= 0.3 is 6.03 Å². The van der Waals surface area contributed by atoms with E-state index in [0.717, 1.165) is 59.3 Å². The van der Waals surface area contributed by atoms with Crippen molar-refractivity contribution < 1.29 is 9.59 Å². The van der Waals surface area contributed by atoms with Gasteiger partial charge in [0.2, 0.25) is 0 Å². The predicted octanol–water partition coefficient (Wildman–Crippen LogP) is 7.64. The van der Waals surface area contributed by atoms with Crippen LogP contribution in [-0.2, 0) is 5.41 Å². The van der Waals surface area contributed by atoms with Crippen LogP contribution in [0.2, 0.25) is 0 Å². The Hall–Kier alpha value is -4.82. The monoisotopic (exact) mass is 600 g/mol. The van der Waals surface area contributed by atoms with Crippen LogP contribution in [0.1, 0.15) is 66.7 Å². The van der Waals surface area contributed by atoms with Gasteiger partial charge in [0.05, 0.1) is 22.8 Å². The highest BCUT2D eigenvalue weighted by atomic mass is 16.2. The molecular formula is C37H40N6O2. The van der Waals surface area contributed by atoms with Crippen molar-refractivity contribution in [3.8, 4) is 5.69 Å². The van der Waals surface area contributed by atoms with Gasteiger partial charge in [0, 0.05) is 34.3 Å². The largest absolute Gasteiger partial charge is 0.324 e. The summed E-state index contributed by atoms with van der Waals surface area (Å²) in [6.07, 6.45) is 3.44. The van der Waals surface area contributed by atoms with E-state index in [4.69, 9.17) is 5.10 Å². The number of piperidine rings is 1. The average molecular weight is 601 g/mol. The van der Waals surface area contributed by atoms with Crippen molar-refractivity contribution in [2.24, 2.45) is 5.92 Å². The molecule has 8 nitrogen and oxygen atoms in total. The SMILES string of the molecule is Cc1ccc(-n2nc(C(C)(C)C)cc2NC(=O)Nc2ccccc2C(C(=O)c2ccnc3ccccc23)C2CCNCC2)cc1. The Morgan fingerprint density at radius 1 is 0.911 bits per heavy atom. The molecule has 45 heavy (non-hydrogen) atoms. The number of hydrogen-bond acceptors (Lipinski definition) is 5. The third-order valence-corrected chi connectivity index (χ3v) is 8.59. The molecule has 230 valence electrons. The molecule has 1 fully saturated rings. The molecule has 2 amide bonds. The number of pyridine rings is 1. The molecule has 3 aromatic carbocycles. The van der Waals surface area contributed by atoms with E-state index in [0.29, 0.717) is 17.1 Å². The number of ketones is 1. The number of fused-ring (bicyclic) bond motifs is 1. The first kappa shape index (κ1) is 30.2. The number of nitrogens with zero attached hydrogens (tertiary/aromatic N) is 3. The fourth-order valence-electron chi connectivity index (χ4n) is 6.14. The molecule has 0 spiro atoms. The van der Waals surface area contributed by atoms with Gasteiger partial charge in [-0.15, -0.1) is 0 Å². The molecule has 1 saturated heterocycles. The second-order valence-electron chi connectivity index (χ2n) is 12.9. The molecule has 0 radical (unpaired) electrons. The summed E-state index contributed by atoms with van der Waals surface area (Å²) in [5, 5.41) is 15.2. The molecule has 1 aliphatic heterocycles. The van der Waals surface area contributed by atoms with Crippen LogP contribution in [0.4, 0.5) is 16.3 Å². The molecule has 1 unspecified atom stereocenters. The third kappa shape index (κ3) is 6.51. The van der Waals surface area contributed by atoms with Gasteiger partial charge in [0.25, 0.3) is 0 Å². The summed E-state index contributed by atoms with van der Waals surface area (Å²) in [4.78, 5) is 32.7. The van der Waals surface area contributed by atoms with Crippen LogP contribution in [0.3, 0.4) is 0 Å². The number of hydrogen-bond donors (Lipinski definition) is 3. The summed E-state index contributed by atoms with van der Waals surface area (Å²) in [5.41, 5.74) is 5.51. The zero-order chi connectivity index (χ0) is 31.6. The minimum atomic E-state index is -0.431. The summed E-state index contributed by atoms with van der Waals surface area (Å²) in [6, 6.07) is 26.8. The minimum absolute atomic E-state index is 0.0439. The van der Waals surface area contributed by atoms with E-state index in [-0.39, 0.29) is 17.1 Å². The maximum absolute atomic E-state index is 14.5. The number of aromatic nitrogens is 3. The Balaban J connectivity index is 1.34. The second kappa shape index (κ2) is 12.7. The van der Waals surface area contributed by atoms with E-state index in [9.17, 15) is 9.59 Å². The Bertz CT molecular complexity index is 1830. The summed E-state index contributed by atoms with van der Waals surface area (Å²) < 4.78 is 1.77. The normalized spacial score (nSPS) is 14.7. The molecule has 3 N–H and O–H groups in total. The maximum Gasteiger partial charge on any atom is 0.324 e. The zero-order valence-corrected chi connectivity index (χ0v) is 26.3. The Morgan fingerprint density at radius 3 is 2.38 bits per heavy atom. The number of para-hydroxylation sites is 2. The number of Topliss-reactive ketones (excluding diaryl/α,β-unsaturated/α-hetero) is 1. The highest BCUT2D eigenvalue weighted by Crippen LogP contribution is 2.39. The van der Waals surface area contributed by atoms with Gasteiger partial charge < -0.3 is 10.6 Å². The topological polar surface area (TPSA) is 101 Å². The van der Waals surface area contributed by atoms with Gasteiger partial charge in [-0.1, -0.05) is 74.9 Å². The van der Waals surface area contributed by atoms with Crippen LogP contribution in [0.5, 0.6) is 0 Å². The number of benzene rings is 3.